The molecule has 1 N–H and O–H groups in total. The van der Waals surface area contributed by atoms with E-state index in [0.717, 1.165) is 29.0 Å². The molecule has 3 rings (SSSR count). The van der Waals surface area contributed by atoms with Crippen molar-refractivity contribution in [1.29, 1.82) is 0 Å². The number of aryl methyl sites for hydroxylation is 1. The average molecular weight is 349 g/mol. The van der Waals surface area contributed by atoms with Crippen molar-refractivity contribution in [3.63, 3.8) is 0 Å². The maximum absolute atomic E-state index is 12.5. The standard InChI is InChI=1S/C21H23N3O2/c1-3-17-8-5-7-11-20(17)26-16(2)21(25)23-14-18-9-4-6-10-19(18)24-13-12-22-15-24/h4-13,15-16H,3,14H2,1-2H3,(H,23,25)/t16-/m1/s1. The molecular weight excluding hydrogens is 326 g/mol. The van der Waals surface area contributed by atoms with Gasteiger partial charge in [-0.05, 0) is 36.6 Å². The van der Waals surface area contributed by atoms with E-state index in [1.54, 1.807) is 19.4 Å². The van der Waals surface area contributed by atoms with E-state index in [1.165, 1.54) is 0 Å². The van der Waals surface area contributed by atoms with Gasteiger partial charge in [0.1, 0.15) is 5.75 Å². The number of imidazole rings is 1. The predicted octanol–water partition coefficient (Wildman–Crippen LogP) is 3.52. The number of ether oxygens (including phenoxy) is 1. The lowest BCUT2D eigenvalue weighted by molar-refractivity contribution is -0.127. The first kappa shape index (κ1) is 17.7. The zero-order valence-electron chi connectivity index (χ0n) is 15.1. The Morgan fingerprint density at radius 2 is 1.88 bits per heavy atom. The number of rotatable bonds is 7. The zero-order valence-corrected chi connectivity index (χ0v) is 15.1. The lowest BCUT2D eigenvalue weighted by atomic mass is 10.1. The minimum Gasteiger partial charge on any atom is -0.481 e. The third-order valence-corrected chi connectivity index (χ3v) is 4.25. The van der Waals surface area contributed by atoms with Crippen molar-refractivity contribution in [3.8, 4) is 11.4 Å². The fourth-order valence-electron chi connectivity index (χ4n) is 2.79. The van der Waals surface area contributed by atoms with Crippen LogP contribution in [0.4, 0.5) is 0 Å². The summed E-state index contributed by atoms with van der Waals surface area (Å²) in [5.41, 5.74) is 3.10. The Labute approximate surface area is 153 Å². The molecule has 1 atom stereocenters. The van der Waals surface area contributed by atoms with E-state index >= 15 is 0 Å². The second-order valence-corrected chi connectivity index (χ2v) is 6.04. The Bertz CT molecular complexity index is 859. The Kier molecular flexibility index (Phi) is 5.69. The highest BCUT2D eigenvalue weighted by atomic mass is 16.5. The Morgan fingerprint density at radius 3 is 2.62 bits per heavy atom. The molecule has 1 heterocycles. The molecule has 5 heteroatoms. The third kappa shape index (κ3) is 4.11. The lowest BCUT2D eigenvalue weighted by Gasteiger charge is -2.17. The maximum atomic E-state index is 12.5. The summed E-state index contributed by atoms with van der Waals surface area (Å²) in [4.78, 5) is 16.5. The minimum absolute atomic E-state index is 0.142. The van der Waals surface area contributed by atoms with Gasteiger partial charge in [-0.25, -0.2) is 4.98 Å². The van der Waals surface area contributed by atoms with Gasteiger partial charge >= 0.3 is 0 Å². The number of benzene rings is 2. The van der Waals surface area contributed by atoms with Crippen molar-refractivity contribution in [2.45, 2.75) is 32.9 Å². The molecule has 2 aromatic carbocycles. The average Bonchev–Trinajstić information content (AvgIpc) is 3.21. The number of carbonyl (C=O) groups is 1. The van der Waals surface area contributed by atoms with Gasteiger partial charge in [0, 0.05) is 18.9 Å². The summed E-state index contributed by atoms with van der Waals surface area (Å²) in [6, 6.07) is 15.7. The normalized spacial score (nSPS) is 11.8. The summed E-state index contributed by atoms with van der Waals surface area (Å²) in [5.74, 6) is 0.618. The third-order valence-electron chi connectivity index (χ3n) is 4.25. The summed E-state index contributed by atoms with van der Waals surface area (Å²) in [5, 5.41) is 2.96. The van der Waals surface area contributed by atoms with E-state index in [0.29, 0.717) is 6.54 Å². The van der Waals surface area contributed by atoms with Crippen molar-refractivity contribution in [2.75, 3.05) is 0 Å². The van der Waals surface area contributed by atoms with Gasteiger partial charge in [-0.15, -0.1) is 0 Å². The maximum Gasteiger partial charge on any atom is 0.261 e. The van der Waals surface area contributed by atoms with E-state index in [2.05, 4.69) is 17.2 Å². The Morgan fingerprint density at radius 1 is 1.15 bits per heavy atom. The molecule has 0 spiro atoms. The van der Waals surface area contributed by atoms with Crippen LogP contribution in [0.25, 0.3) is 5.69 Å². The number of aromatic nitrogens is 2. The summed E-state index contributed by atoms with van der Waals surface area (Å²) in [7, 11) is 0. The number of amides is 1. The molecule has 134 valence electrons. The summed E-state index contributed by atoms with van der Waals surface area (Å²) in [6.07, 6.45) is 5.66. The second kappa shape index (κ2) is 8.34. The van der Waals surface area contributed by atoms with Crippen molar-refractivity contribution in [1.82, 2.24) is 14.9 Å². The summed E-state index contributed by atoms with van der Waals surface area (Å²) in [6.45, 7) is 4.26. The fraction of sp³-hybridized carbons (Fsp3) is 0.238. The van der Waals surface area contributed by atoms with Crippen LogP contribution in [0.3, 0.4) is 0 Å². The van der Waals surface area contributed by atoms with E-state index in [-0.39, 0.29) is 5.91 Å². The lowest BCUT2D eigenvalue weighted by Crippen LogP contribution is -2.36. The van der Waals surface area contributed by atoms with E-state index in [9.17, 15) is 4.79 Å². The molecule has 5 nitrogen and oxygen atoms in total. The topological polar surface area (TPSA) is 56.1 Å². The highest BCUT2D eigenvalue weighted by Crippen LogP contribution is 2.20. The molecular formula is C21H23N3O2. The van der Waals surface area contributed by atoms with Gasteiger partial charge < -0.3 is 14.6 Å². The highest BCUT2D eigenvalue weighted by Gasteiger charge is 2.16. The Balaban J connectivity index is 1.64. The van der Waals surface area contributed by atoms with E-state index in [4.69, 9.17) is 4.74 Å². The van der Waals surface area contributed by atoms with Gasteiger partial charge in [-0.1, -0.05) is 43.3 Å². The van der Waals surface area contributed by atoms with Crippen LogP contribution in [-0.2, 0) is 17.8 Å². The number of nitrogens with zero attached hydrogens (tertiary/aromatic N) is 2. The van der Waals surface area contributed by atoms with E-state index in [1.807, 2.05) is 59.3 Å². The molecule has 0 fully saturated rings. The first-order valence-corrected chi connectivity index (χ1v) is 8.77. The fourth-order valence-corrected chi connectivity index (χ4v) is 2.79. The summed E-state index contributed by atoms with van der Waals surface area (Å²) >= 11 is 0. The Hall–Kier alpha value is -3.08. The molecule has 3 aromatic rings. The van der Waals surface area contributed by atoms with Gasteiger partial charge in [0.05, 0.1) is 12.0 Å². The molecule has 0 aliphatic carbocycles. The van der Waals surface area contributed by atoms with Crippen LogP contribution < -0.4 is 10.1 Å². The molecule has 1 aromatic heterocycles. The summed E-state index contributed by atoms with van der Waals surface area (Å²) < 4.78 is 7.79. The van der Waals surface area contributed by atoms with Gasteiger partial charge in [0.25, 0.3) is 5.91 Å². The monoisotopic (exact) mass is 349 g/mol. The molecule has 0 aliphatic rings. The van der Waals surface area contributed by atoms with Crippen LogP contribution in [0.1, 0.15) is 25.0 Å². The van der Waals surface area contributed by atoms with Crippen LogP contribution >= 0.6 is 0 Å². The van der Waals surface area contributed by atoms with Crippen LogP contribution in [0, 0.1) is 0 Å². The van der Waals surface area contributed by atoms with Crippen LogP contribution in [0.5, 0.6) is 5.75 Å². The number of hydrogen-bond donors (Lipinski definition) is 1. The first-order chi connectivity index (χ1) is 12.7. The molecule has 0 radical (unpaired) electrons. The quantitative estimate of drug-likeness (QED) is 0.710. The number of para-hydroxylation sites is 2. The number of nitrogens with one attached hydrogen (secondary N) is 1. The van der Waals surface area contributed by atoms with Crippen LogP contribution in [0.15, 0.2) is 67.3 Å². The molecule has 0 saturated heterocycles. The smallest absolute Gasteiger partial charge is 0.261 e. The van der Waals surface area contributed by atoms with Crippen molar-refractivity contribution in [2.24, 2.45) is 0 Å². The van der Waals surface area contributed by atoms with Crippen LogP contribution in [0.2, 0.25) is 0 Å². The van der Waals surface area contributed by atoms with Crippen LogP contribution in [-0.4, -0.2) is 21.6 Å². The van der Waals surface area contributed by atoms with Crippen molar-refractivity contribution in [3.05, 3.63) is 78.4 Å². The second-order valence-electron chi connectivity index (χ2n) is 6.04. The molecule has 1 amide bonds. The SMILES string of the molecule is CCc1ccccc1O[C@H](C)C(=O)NCc1ccccc1-n1ccnc1. The van der Waals surface area contributed by atoms with Gasteiger partial charge in [0.15, 0.2) is 6.10 Å². The largest absolute Gasteiger partial charge is 0.481 e. The number of carbonyl (C=O) groups excluding carboxylic acids is 1. The van der Waals surface area contributed by atoms with Gasteiger partial charge in [0.2, 0.25) is 0 Å². The zero-order chi connectivity index (χ0) is 18.4. The molecule has 0 unspecified atom stereocenters. The van der Waals surface area contributed by atoms with Crippen molar-refractivity contribution >= 4 is 5.91 Å². The van der Waals surface area contributed by atoms with Crippen molar-refractivity contribution < 1.29 is 9.53 Å². The minimum atomic E-state index is -0.567. The predicted molar refractivity (Wildman–Crippen MR) is 101 cm³/mol. The number of hydrogen-bond acceptors (Lipinski definition) is 3. The highest BCUT2D eigenvalue weighted by molar-refractivity contribution is 5.80. The molecule has 0 aliphatic heterocycles. The molecule has 26 heavy (non-hydrogen) atoms. The molecule has 0 bridgehead atoms. The molecule has 0 saturated carbocycles. The van der Waals surface area contributed by atoms with Gasteiger partial charge in [-0.3, -0.25) is 4.79 Å². The van der Waals surface area contributed by atoms with Gasteiger partial charge in [-0.2, -0.15) is 0 Å². The first-order valence-electron chi connectivity index (χ1n) is 8.77. The van der Waals surface area contributed by atoms with E-state index < -0.39 is 6.10 Å².